The smallest absolute Gasteiger partial charge is 0.323 e. The van der Waals surface area contributed by atoms with Gasteiger partial charge in [-0.2, -0.15) is 0 Å². The number of Topliss-reactive ketones (excluding diaryl/α,β-unsaturated/α-hetero) is 1. The number of carbonyl (C=O) groups excluding carboxylic acids is 2. The number of rotatable bonds is 5. The first-order valence-electron chi connectivity index (χ1n) is 5.80. The van der Waals surface area contributed by atoms with Crippen LogP contribution in [0.5, 0.6) is 0 Å². The van der Waals surface area contributed by atoms with Crippen LogP contribution in [0, 0.1) is 6.92 Å². The predicted octanol–water partition coefficient (Wildman–Crippen LogP) is 2.78. The van der Waals surface area contributed by atoms with Crippen molar-refractivity contribution in [3.63, 3.8) is 0 Å². The minimum atomic E-state index is -1.24. The van der Waals surface area contributed by atoms with Gasteiger partial charge >= 0.3 is 5.97 Å². The van der Waals surface area contributed by atoms with Gasteiger partial charge in [0.2, 0.25) is 0 Å². The Kier molecular flexibility index (Phi) is 5.08. The molecule has 3 nitrogen and oxygen atoms in total. The molecule has 0 amide bonds. The summed E-state index contributed by atoms with van der Waals surface area (Å²) < 4.78 is 5.03. The van der Waals surface area contributed by atoms with E-state index in [2.05, 4.69) is 15.9 Å². The first kappa shape index (κ1) is 14.9. The molecule has 0 aromatic heterocycles. The molecule has 0 bridgehead atoms. The van der Waals surface area contributed by atoms with Crippen LogP contribution in [0.1, 0.15) is 25.0 Å². The van der Waals surface area contributed by atoms with Crippen LogP contribution in [0.25, 0.3) is 0 Å². The van der Waals surface area contributed by atoms with Crippen molar-refractivity contribution in [3.05, 3.63) is 35.4 Å². The fourth-order valence-corrected chi connectivity index (χ4v) is 2.25. The van der Waals surface area contributed by atoms with E-state index in [-0.39, 0.29) is 17.7 Å². The Morgan fingerprint density at radius 1 is 1.28 bits per heavy atom. The summed E-state index contributed by atoms with van der Waals surface area (Å²) >= 11 is 3.12. The van der Waals surface area contributed by atoms with Crippen molar-refractivity contribution < 1.29 is 14.3 Å². The van der Waals surface area contributed by atoms with E-state index in [1.165, 1.54) is 0 Å². The molecule has 98 valence electrons. The highest BCUT2D eigenvalue weighted by molar-refractivity contribution is 9.09. The Bertz CT molecular complexity index is 439. The molecule has 0 spiro atoms. The standard InChI is InChI=1S/C14H17BrO3/c1-4-18-13(17)14(3,12(16)9-15)11-7-5-10(2)6-8-11/h5-8H,4,9H2,1-3H3. The Labute approximate surface area is 116 Å². The second kappa shape index (κ2) is 6.14. The molecule has 0 saturated heterocycles. The number of aryl methyl sites for hydroxylation is 1. The first-order valence-corrected chi connectivity index (χ1v) is 6.92. The molecule has 0 heterocycles. The zero-order chi connectivity index (χ0) is 13.8. The van der Waals surface area contributed by atoms with Crippen molar-refractivity contribution in [1.29, 1.82) is 0 Å². The van der Waals surface area contributed by atoms with E-state index in [0.29, 0.717) is 5.56 Å². The number of hydrogen-bond acceptors (Lipinski definition) is 3. The summed E-state index contributed by atoms with van der Waals surface area (Å²) in [5.74, 6) is -0.705. The maximum Gasteiger partial charge on any atom is 0.323 e. The van der Waals surface area contributed by atoms with E-state index < -0.39 is 11.4 Å². The zero-order valence-electron chi connectivity index (χ0n) is 10.8. The van der Waals surface area contributed by atoms with Gasteiger partial charge in [-0.1, -0.05) is 45.8 Å². The molecule has 0 fully saturated rings. The summed E-state index contributed by atoms with van der Waals surface area (Å²) in [6.07, 6.45) is 0. The number of benzene rings is 1. The van der Waals surface area contributed by atoms with Gasteiger partial charge < -0.3 is 4.74 Å². The third-order valence-corrected chi connectivity index (χ3v) is 3.50. The summed E-state index contributed by atoms with van der Waals surface area (Å²) in [4.78, 5) is 24.2. The van der Waals surface area contributed by atoms with E-state index in [1.807, 2.05) is 19.1 Å². The van der Waals surface area contributed by atoms with Crippen molar-refractivity contribution in [3.8, 4) is 0 Å². The number of ether oxygens (including phenoxy) is 1. The number of alkyl halides is 1. The number of ketones is 1. The molecule has 0 aliphatic heterocycles. The number of esters is 1. The Morgan fingerprint density at radius 2 is 1.83 bits per heavy atom. The van der Waals surface area contributed by atoms with Crippen molar-refractivity contribution in [2.24, 2.45) is 0 Å². The minimum absolute atomic E-state index is 0.121. The Hall–Kier alpha value is -1.16. The van der Waals surface area contributed by atoms with Gasteiger partial charge in [-0.05, 0) is 26.3 Å². The molecule has 1 aromatic carbocycles. The van der Waals surface area contributed by atoms with Crippen LogP contribution in [-0.2, 0) is 19.7 Å². The Morgan fingerprint density at radius 3 is 2.28 bits per heavy atom. The van der Waals surface area contributed by atoms with Crippen LogP contribution in [0.4, 0.5) is 0 Å². The summed E-state index contributed by atoms with van der Waals surface area (Å²) in [7, 11) is 0. The van der Waals surface area contributed by atoms with Gasteiger partial charge in [0.15, 0.2) is 5.78 Å². The summed E-state index contributed by atoms with van der Waals surface area (Å²) in [5.41, 5.74) is 0.500. The molecule has 0 aliphatic carbocycles. The molecule has 4 heteroatoms. The normalized spacial score (nSPS) is 13.8. The van der Waals surface area contributed by atoms with Gasteiger partial charge in [-0.15, -0.1) is 0 Å². The van der Waals surface area contributed by atoms with Gasteiger partial charge in [0.25, 0.3) is 0 Å². The second-order valence-corrected chi connectivity index (χ2v) is 4.83. The number of hydrogen-bond donors (Lipinski definition) is 0. The average molecular weight is 313 g/mol. The van der Waals surface area contributed by atoms with Gasteiger partial charge in [-0.3, -0.25) is 9.59 Å². The lowest BCUT2D eigenvalue weighted by atomic mass is 9.79. The van der Waals surface area contributed by atoms with Crippen molar-refractivity contribution >= 4 is 27.7 Å². The summed E-state index contributed by atoms with van der Waals surface area (Å²) in [5, 5.41) is 0.121. The highest BCUT2D eigenvalue weighted by atomic mass is 79.9. The fraction of sp³-hybridized carbons (Fsp3) is 0.429. The van der Waals surface area contributed by atoms with Crippen LogP contribution in [-0.4, -0.2) is 23.7 Å². The van der Waals surface area contributed by atoms with Gasteiger partial charge in [0, 0.05) is 0 Å². The zero-order valence-corrected chi connectivity index (χ0v) is 12.4. The molecule has 1 rings (SSSR count). The quantitative estimate of drug-likeness (QED) is 0.477. The van der Waals surface area contributed by atoms with Crippen LogP contribution in [0.3, 0.4) is 0 Å². The minimum Gasteiger partial charge on any atom is -0.465 e. The van der Waals surface area contributed by atoms with Gasteiger partial charge in [0.1, 0.15) is 5.41 Å². The van der Waals surface area contributed by atoms with E-state index in [9.17, 15) is 9.59 Å². The van der Waals surface area contributed by atoms with Crippen LogP contribution in [0.2, 0.25) is 0 Å². The molecule has 0 radical (unpaired) electrons. The Balaban J connectivity index is 3.24. The third kappa shape index (κ3) is 2.80. The van der Waals surface area contributed by atoms with E-state index in [4.69, 9.17) is 4.74 Å². The second-order valence-electron chi connectivity index (χ2n) is 4.27. The number of carbonyl (C=O) groups is 2. The average Bonchev–Trinajstić information content (AvgIpc) is 2.37. The molecule has 1 atom stereocenters. The highest BCUT2D eigenvalue weighted by Crippen LogP contribution is 2.28. The SMILES string of the molecule is CCOC(=O)C(C)(C(=O)CBr)c1ccc(C)cc1. The molecule has 1 aromatic rings. The van der Waals surface area contributed by atoms with Gasteiger partial charge in [-0.25, -0.2) is 0 Å². The summed E-state index contributed by atoms with van der Waals surface area (Å²) in [6, 6.07) is 7.36. The molecular formula is C14H17BrO3. The first-order chi connectivity index (χ1) is 8.46. The van der Waals surface area contributed by atoms with Crippen molar-refractivity contribution in [2.75, 3.05) is 11.9 Å². The number of halogens is 1. The van der Waals surface area contributed by atoms with Crippen molar-refractivity contribution in [1.82, 2.24) is 0 Å². The largest absolute Gasteiger partial charge is 0.465 e. The molecule has 0 saturated carbocycles. The molecule has 0 aliphatic rings. The molecular weight excluding hydrogens is 296 g/mol. The molecule has 1 unspecified atom stereocenters. The monoisotopic (exact) mass is 312 g/mol. The van der Waals surface area contributed by atoms with Crippen LogP contribution < -0.4 is 0 Å². The van der Waals surface area contributed by atoms with E-state index in [0.717, 1.165) is 5.56 Å². The molecule has 0 N–H and O–H groups in total. The summed E-state index contributed by atoms with van der Waals surface area (Å²) in [6.45, 7) is 5.55. The predicted molar refractivity (Wildman–Crippen MR) is 74.0 cm³/mol. The lowest BCUT2D eigenvalue weighted by Gasteiger charge is -2.25. The lowest BCUT2D eigenvalue weighted by molar-refractivity contribution is -0.152. The van der Waals surface area contributed by atoms with Crippen LogP contribution in [0.15, 0.2) is 24.3 Å². The topological polar surface area (TPSA) is 43.4 Å². The van der Waals surface area contributed by atoms with Gasteiger partial charge in [0.05, 0.1) is 11.9 Å². The van der Waals surface area contributed by atoms with E-state index in [1.54, 1.807) is 26.0 Å². The molecule has 18 heavy (non-hydrogen) atoms. The van der Waals surface area contributed by atoms with E-state index >= 15 is 0 Å². The van der Waals surface area contributed by atoms with Crippen molar-refractivity contribution in [2.45, 2.75) is 26.2 Å². The maximum absolute atomic E-state index is 12.1. The van der Waals surface area contributed by atoms with Crippen LogP contribution >= 0.6 is 15.9 Å². The fourth-order valence-electron chi connectivity index (χ4n) is 1.69. The lowest BCUT2D eigenvalue weighted by Crippen LogP contribution is -2.43. The highest BCUT2D eigenvalue weighted by Gasteiger charge is 2.43. The third-order valence-electron chi connectivity index (χ3n) is 2.99. The maximum atomic E-state index is 12.1.